The van der Waals surface area contributed by atoms with E-state index in [0.29, 0.717) is 0 Å². The third-order valence-electron chi connectivity index (χ3n) is 11.4. The quantitative estimate of drug-likeness (QED) is 0.163. The summed E-state index contributed by atoms with van der Waals surface area (Å²) in [6.07, 6.45) is 0. The van der Waals surface area contributed by atoms with Crippen molar-refractivity contribution in [1.29, 1.82) is 0 Å². The minimum absolute atomic E-state index is 0.176. The third-order valence-corrected chi connectivity index (χ3v) is 11.4. The highest BCUT2D eigenvalue weighted by Crippen LogP contribution is 2.52. The molecule has 1 aliphatic heterocycles. The van der Waals surface area contributed by atoms with Gasteiger partial charge in [-0.05, 0) is 88.0 Å². The SMILES string of the molecule is CC1(C)c2ccccc2N(c2cc(-c3cc(-c4ccccc4)nc(-c4ccccc4)c3)cc(-c3cc(-c4ccccc4)nc(-c4ccccc4)c3)c2)c2ccccc21. The van der Waals surface area contributed by atoms with Crippen LogP contribution < -0.4 is 4.90 Å². The summed E-state index contributed by atoms with van der Waals surface area (Å²) in [5.41, 5.74) is 18.3. The molecule has 3 heterocycles. The summed E-state index contributed by atoms with van der Waals surface area (Å²) in [6.45, 7) is 4.68. The predicted octanol–water partition coefficient (Wildman–Crippen LogP) is 14.6. The Morgan fingerprint density at radius 1 is 0.310 bits per heavy atom. The first kappa shape index (κ1) is 35.1. The van der Waals surface area contributed by atoms with Crippen LogP contribution in [0.3, 0.4) is 0 Å². The van der Waals surface area contributed by atoms with E-state index < -0.39 is 0 Å². The van der Waals surface area contributed by atoms with Crippen molar-refractivity contribution in [3.8, 4) is 67.3 Å². The van der Waals surface area contributed by atoms with E-state index in [9.17, 15) is 0 Å². The van der Waals surface area contributed by atoms with Crippen molar-refractivity contribution in [1.82, 2.24) is 9.97 Å². The molecule has 0 radical (unpaired) electrons. The van der Waals surface area contributed by atoms with E-state index in [2.05, 4.69) is 231 Å². The molecule has 0 aliphatic carbocycles. The first-order chi connectivity index (χ1) is 28.5. The topological polar surface area (TPSA) is 29.0 Å². The summed E-state index contributed by atoms with van der Waals surface area (Å²) in [7, 11) is 0. The summed E-state index contributed by atoms with van der Waals surface area (Å²) < 4.78 is 0. The third kappa shape index (κ3) is 6.47. The minimum Gasteiger partial charge on any atom is -0.310 e. The van der Waals surface area contributed by atoms with Crippen molar-refractivity contribution in [2.45, 2.75) is 19.3 Å². The van der Waals surface area contributed by atoms with Gasteiger partial charge in [0.15, 0.2) is 0 Å². The first-order valence-corrected chi connectivity index (χ1v) is 19.9. The van der Waals surface area contributed by atoms with E-state index in [1.807, 2.05) is 0 Å². The van der Waals surface area contributed by atoms with Crippen LogP contribution in [0.15, 0.2) is 212 Å². The van der Waals surface area contributed by atoms with Gasteiger partial charge in [0.25, 0.3) is 0 Å². The number of anilines is 3. The Labute approximate surface area is 340 Å². The number of nitrogens with zero attached hydrogens (tertiary/aromatic N) is 3. The Bertz CT molecular complexity index is 2590. The lowest BCUT2D eigenvalue weighted by Gasteiger charge is -2.42. The molecule has 0 saturated heterocycles. The molecule has 3 nitrogen and oxygen atoms in total. The summed E-state index contributed by atoms with van der Waals surface area (Å²) in [4.78, 5) is 12.9. The van der Waals surface area contributed by atoms with Gasteiger partial charge < -0.3 is 4.90 Å². The number of benzene rings is 7. The summed E-state index contributed by atoms with van der Waals surface area (Å²) in [6, 6.07) is 75.7. The van der Waals surface area contributed by atoms with Gasteiger partial charge >= 0.3 is 0 Å². The van der Waals surface area contributed by atoms with Crippen LogP contribution in [0.25, 0.3) is 67.3 Å². The second-order valence-electron chi connectivity index (χ2n) is 15.5. The van der Waals surface area contributed by atoms with Gasteiger partial charge in [-0.2, -0.15) is 0 Å². The van der Waals surface area contributed by atoms with Crippen LogP contribution in [0, 0.1) is 0 Å². The molecule has 0 amide bonds. The van der Waals surface area contributed by atoms with E-state index in [4.69, 9.17) is 9.97 Å². The lowest BCUT2D eigenvalue weighted by atomic mass is 9.73. The fourth-order valence-electron chi connectivity index (χ4n) is 8.44. The van der Waals surface area contributed by atoms with Crippen LogP contribution in [0.1, 0.15) is 25.0 Å². The van der Waals surface area contributed by atoms with E-state index in [1.165, 1.54) is 22.5 Å². The molecular formula is C55H41N3. The molecule has 10 rings (SSSR count). The van der Waals surface area contributed by atoms with Gasteiger partial charge in [0.1, 0.15) is 0 Å². The molecule has 0 fully saturated rings. The number of hydrogen-bond donors (Lipinski definition) is 0. The van der Waals surface area contributed by atoms with Crippen molar-refractivity contribution >= 4 is 17.1 Å². The Balaban J connectivity index is 1.26. The Morgan fingerprint density at radius 2 is 0.603 bits per heavy atom. The molecule has 58 heavy (non-hydrogen) atoms. The van der Waals surface area contributed by atoms with Crippen molar-refractivity contribution < 1.29 is 0 Å². The second-order valence-corrected chi connectivity index (χ2v) is 15.5. The fourth-order valence-corrected chi connectivity index (χ4v) is 8.44. The largest absolute Gasteiger partial charge is 0.310 e. The van der Waals surface area contributed by atoms with Gasteiger partial charge in [-0.1, -0.05) is 172 Å². The van der Waals surface area contributed by atoms with Gasteiger partial charge in [-0.25, -0.2) is 9.97 Å². The number of para-hydroxylation sites is 2. The molecule has 0 bridgehead atoms. The van der Waals surface area contributed by atoms with E-state index >= 15 is 0 Å². The van der Waals surface area contributed by atoms with Gasteiger partial charge in [-0.3, -0.25) is 0 Å². The van der Waals surface area contributed by atoms with Crippen LogP contribution in [0.4, 0.5) is 17.1 Å². The van der Waals surface area contributed by atoms with Crippen molar-refractivity contribution in [2.75, 3.05) is 4.90 Å². The maximum atomic E-state index is 5.24. The molecule has 7 aromatic carbocycles. The molecule has 0 atom stereocenters. The van der Waals surface area contributed by atoms with Crippen molar-refractivity contribution in [3.63, 3.8) is 0 Å². The van der Waals surface area contributed by atoms with Crippen LogP contribution in [-0.4, -0.2) is 9.97 Å². The van der Waals surface area contributed by atoms with Crippen LogP contribution in [0.2, 0.25) is 0 Å². The molecule has 0 spiro atoms. The van der Waals surface area contributed by atoms with Gasteiger partial charge in [0.2, 0.25) is 0 Å². The fraction of sp³-hybridized carbons (Fsp3) is 0.0545. The number of aromatic nitrogens is 2. The maximum Gasteiger partial charge on any atom is 0.0715 e. The molecular weight excluding hydrogens is 703 g/mol. The van der Waals surface area contributed by atoms with Crippen LogP contribution >= 0.6 is 0 Å². The highest BCUT2D eigenvalue weighted by atomic mass is 15.2. The number of rotatable bonds is 7. The molecule has 0 saturated carbocycles. The van der Waals surface area contributed by atoms with Gasteiger partial charge in [0, 0.05) is 33.4 Å². The van der Waals surface area contributed by atoms with Crippen molar-refractivity contribution in [3.05, 3.63) is 223 Å². The molecule has 276 valence electrons. The molecule has 0 N–H and O–H groups in total. The Hall–Kier alpha value is -7.36. The molecule has 2 aromatic heterocycles. The summed E-state index contributed by atoms with van der Waals surface area (Å²) in [5, 5.41) is 0. The maximum absolute atomic E-state index is 5.24. The number of fused-ring (bicyclic) bond motifs is 2. The lowest BCUT2D eigenvalue weighted by molar-refractivity contribution is 0.632. The highest BCUT2D eigenvalue weighted by Gasteiger charge is 2.36. The van der Waals surface area contributed by atoms with Crippen molar-refractivity contribution in [2.24, 2.45) is 0 Å². The standard InChI is InChI=1S/C55H41N3/c1-55(2)47-27-15-17-29-53(47)58(54-30-18-16-28-48(54)55)46-32-42(44-34-49(38-19-7-3-8-20-38)56-50(35-44)39-21-9-4-10-22-39)31-43(33-46)45-36-51(40-23-11-5-12-24-40)57-52(37-45)41-25-13-6-14-26-41/h3-37H,1-2H3. The summed E-state index contributed by atoms with van der Waals surface area (Å²) in [5.74, 6) is 0. The average molecular weight is 744 g/mol. The average Bonchev–Trinajstić information content (AvgIpc) is 3.30. The zero-order chi connectivity index (χ0) is 39.1. The van der Waals surface area contributed by atoms with Crippen LogP contribution in [0.5, 0.6) is 0 Å². The molecule has 0 unspecified atom stereocenters. The summed E-state index contributed by atoms with van der Waals surface area (Å²) >= 11 is 0. The first-order valence-electron chi connectivity index (χ1n) is 19.9. The Morgan fingerprint density at radius 3 is 0.948 bits per heavy atom. The zero-order valence-corrected chi connectivity index (χ0v) is 32.5. The molecule has 3 heteroatoms. The molecule has 1 aliphatic rings. The lowest BCUT2D eigenvalue weighted by Crippen LogP contribution is -2.30. The van der Waals surface area contributed by atoms with E-state index in [1.54, 1.807) is 0 Å². The van der Waals surface area contributed by atoms with Gasteiger partial charge in [-0.15, -0.1) is 0 Å². The minimum atomic E-state index is -0.176. The normalized spacial score (nSPS) is 12.8. The van der Waals surface area contributed by atoms with Crippen LogP contribution in [-0.2, 0) is 5.41 Å². The predicted molar refractivity (Wildman–Crippen MR) is 241 cm³/mol. The monoisotopic (exact) mass is 743 g/mol. The highest BCUT2D eigenvalue weighted by molar-refractivity contribution is 5.91. The number of hydrogen-bond acceptors (Lipinski definition) is 3. The number of pyridine rings is 2. The smallest absolute Gasteiger partial charge is 0.0715 e. The molecule has 9 aromatic rings. The van der Waals surface area contributed by atoms with E-state index in [0.717, 1.165) is 73.0 Å². The second kappa shape index (κ2) is 14.6. The van der Waals surface area contributed by atoms with Gasteiger partial charge in [0.05, 0.1) is 34.2 Å². The Kier molecular flexibility index (Phi) is 8.84. The van der Waals surface area contributed by atoms with E-state index in [-0.39, 0.29) is 5.41 Å². The zero-order valence-electron chi connectivity index (χ0n) is 32.5.